The first-order chi connectivity index (χ1) is 6.82. The van der Waals surface area contributed by atoms with Gasteiger partial charge in [-0.25, -0.2) is 0 Å². The molecule has 1 heterocycles. The van der Waals surface area contributed by atoms with Crippen LogP contribution >= 0.6 is 0 Å². The molecule has 1 unspecified atom stereocenters. The van der Waals surface area contributed by atoms with Gasteiger partial charge in [-0.15, -0.1) is 0 Å². The highest BCUT2D eigenvalue weighted by atomic mass is 15.2. The van der Waals surface area contributed by atoms with Crippen molar-refractivity contribution in [3.8, 4) is 0 Å². The number of nitrogens with zero attached hydrogens (tertiary/aromatic N) is 1. The van der Waals surface area contributed by atoms with Crippen molar-refractivity contribution in [2.45, 2.75) is 45.4 Å². The van der Waals surface area contributed by atoms with E-state index in [-0.39, 0.29) is 0 Å². The van der Waals surface area contributed by atoms with Crippen LogP contribution in [-0.4, -0.2) is 24.5 Å². The topological polar surface area (TPSA) is 3.24 Å². The molecule has 0 radical (unpaired) electrons. The third-order valence-electron chi connectivity index (χ3n) is 5.32. The van der Waals surface area contributed by atoms with Crippen molar-refractivity contribution in [2.75, 3.05) is 19.6 Å². The Kier molecular flexibility index (Phi) is 2.12. The van der Waals surface area contributed by atoms with E-state index in [0.29, 0.717) is 0 Å². The Hall–Kier alpha value is -0.0400. The van der Waals surface area contributed by atoms with Crippen molar-refractivity contribution in [2.24, 2.45) is 17.3 Å². The van der Waals surface area contributed by atoms with E-state index in [1.165, 1.54) is 26.1 Å². The van der Waals surface area contributed by atoms with Crippen LogP contribution in [0.25, 0.3) is 0 Å². The molecule has 0 aromatic carbocycles. The van der Waals surface area contributed by atoms with Crippen molar-refractivity contribution < 1.29 is 0 Å². The second-order valence-electron chi connectivity index (χ2n) is 5.90. The van der Waals surface area contributed by atoms with Crippen molar-refractivity contribution in [3.05, 3.63) is 0 Å². The van der Waals surface area contributed by atoms with Crippen LogP contribution in [0.1, 0.15) is 45.4 Å². The molecule has 4 fully saturated rings. The third-order valence-corrected chi connectivity index (χ3v) is 5.32. The molecule has 1 aliphatic heterocycles. The minimum absolute atomic E-state index is 0.789. The number of likely N-dealkylation sites (tertiary alicyclic amines) is 1. The van der Waals surface area contributed by atoms with Gasteiger partial charge in [0.15, 0.2) is 0 Å². The quantitative estimate of drug-likeness (QED) is 0.619. The molecule has 2 bridgehead atoms. The molecule has 4 aliphatic rings. The van der Waals surface area contributed by atoms with E-state index in [2.05, 4.69) is 11.8 Å². The Morgan fingerprint density at radius 2 is 2.00 bits per heavy atom. The van der Waals surface area contributed by atoms with Gasteiger partial charge in [-0.1, -0.05) is 19.8 Å². The van der Waals surface area contributed by atoms with Crippen LogP contribution in [0.4, 0.5) is 0 Å². The summed E-state index contributed by atoms with van der Waals surface area (Å²) >= 11 is 0. The Morgan fingerprint density at radius 1 is 1.21 bits per heavy atom. The first-order valence-electron chi connectivity index (χ1n) is 6.55. The summed E-state index contributed by atoms with van der Waals surface area (Å²) in [6.07, 6.45) is 9.32. The van der Waals surface area contributed by atoms with Crippen LogP contribution in [0.3, 0.4) is 0 Å². The fourth-order valence-corrected chi connectivity index (χ4v) is 4.47. The van der Waals surface area contributed by atoms with E-state index >= 15 is 0 Å². The summed E-state index contributed by atoms with van der Waals surface area (Å²) in [7, 11) is 0. The summed E-state index contributed by atoms with van der Waals surface area (Å²) in [6.45, 7) is 6.42. The molecular weight excluding hydrogens is 170 g/mol. The largest absolute Gasteiger partial charge is 0.303 e. The van der Waals surface area contributed by atoms with E-state index in [1.807, 2.05) is 0 Å². The monoisotopic (exact) mass is 193 g/mol. The first-order valence-corrected chi connectivity index (χ1v) is 6.55. The molecule has 1 saturated heterocycles. The summed E-state index contributed by atoms with van der Waals surface area (Å²) in [5.41, 5.74) is 0.789. The average molecular weight is 193 g/mol. The van der Waals surface area contributed by atoms with Crippen LogP contribution < -0.4 is 0 Å². The Labute approximate surface area is 87.9 Å². The Balaban J connectivity index is 1.78. The molecule has 0 aromatic rings. The van der Waals surface area contributed by atoms with Crippen LogP contribution in [0.15, 0.2) is 0 Å². The average Bonchev–Trinajstić information content (AvgIpc) is 2.63. The molecular formula is C13H23N. The first kappa shape index (κ1) is 9.21. The zero-order valence-corrected chi connectivity index (χ0v) is 9.47. The second kappa shape index (κ2) is 3.23. The number of hydrogen-bond acceptors (Lipinski definition) is 1. The molecule has 0 aromatic heterocycles. The van der Waals surface area contributed by atoms with Crippen molar-refractivity contribution in [1.82, 2.24) is 4.90 Å². The normalized spacial score (nSPS) is 47.8. The molecule has 1 nitrogen and oxygen atoms in total. The maximum atomic E-state index is 2.68. The number of rotatable bonds is 1. The molecule has 0 amide bonds. The fraction of sp³-hybridized carbons (Fsp3) is 1.00. The lowest BCUT2D eigenvalue weighted by atomic mass is 9.55. The summed E-state index contributed by atoms with van der Waals surface area (Å²) in [6, 6.07) is 0. The van der Waals surface area contributed by atoms with Crippen LogP contribution in [0.5, 0.6) is 0 Å². The molecule has 1 spiro atoms. The highest BCUT2D eigenvalue weighted by molar-refractivity contribution is 5.01. The van der Waals surface area contributed by atoms with Gasteiger partial charge in [-0.2, -0.15) is 0 Å². The van der Waals surface area contributed by atoms with Crippen molar-refractivity contribution in [3.63, 3.8) is 0 Å². The molecule has 3 aliphatic carbocycles. The van der Waals surface area contributed by atoms with E-state index in [9.17, 15) is 0 Å². The van der Waals surface area contributed by atoms with Gasteiger partial charge >= 0.3 is 0 Å². The maximum Gasteiger partial charge on any atom is 0.00411 e. The van der Waals surface area contributed by atoms with Crippen molar-refractivity contribution >= 4 is 0 Å². The number of fused-ring (bicyclic) bond motifs is 2. The fourth-order valence-electron chi connectivity index (χ4n) is 4.47. The minimum atomic E-state index is 0.789. The molecule has 1 atom stereocenters. The molecule has 80 valence electrons. The lowest BCUT2D eigenvalue weighted by Crippen LogP contribution is -2.43. The molecule has 14 heavy (non-hydrogen) atoms. The zero-order valence-electron chi connectivity index (χ0n) is 9.47. The van der Waals surface area contributed by atoms with Gasteiger partial charge in [0.2, 0.25) is 0 Å². The van der Waals surface area contributed by atoms with E-state index in [1.54, 1.807) is 32.1 Å². The van der Waals surface area contributed by atoms with Gasteiger partial charge in [0.05, 0.1) is 0 Å². The standard InChI is InChI=1S/C13H23N/c1-2-14-8-7-13(10-14)9-11-3-5-12(13)6-4-11/h11-12H,2-10H2,1H3. The van der Waals surface area contributed by atoms with E-state index in [0.717, 1.165) is 17.3 Å². The second-order valence-corrected chi connectivity index (χ2v) is 5.90. The summed E-state index contributed by atoms with van der Waals surface area (Å²) < 4.78 is 0. The van der Waals surface area contributed by atoms with Crippen LogP contribution in [-0.2, 0) is 0 Å². The van der Waals surface area contributed by atoms with Gasteiger partial charge < -0.3 is 4.90 Å². The van der Waals surface area contributed by atoms with Crippen molar-refractivity contribution in [1.29, 1.82) is 0 Å². The van der Waals surface area contributed by atoms with Crippen LogP contribution in [0, 0.1) is 17.3 Å². The molecule has 0 N–H and O–H groups in total. The van der Waals surface area contributed by atoms with Gasteiger partial charge in [-0.05, 0) is 56.0 Å². The van der Waals surface area contributed by atoms with Crippen LogP contribution in [0.2, 0.25) is 0 Å². The smallest absolute Gasteiger partial charge is 0.00411 e. The van der Waals surface area contributed by atoms with Gasteiger partial charge in [0, 0.05) is 6.54 Å². The molecule has 1 heteroatoms. The molecule has 4 rings (SSSR count). The summed E-state index contributed by atoms with van der Waals surface area (Å²) in [5, 5.41) is 0. The summed E-state index contributed by atoms with van der Waals surface area (Å²) in [4.78, 5) is 2.68. The van der Waals surface area contributed by atoms with E-state index < -0.39 is 0 Å². The van der Waals surface area contributed by atoms with Gasteiger partial charge in [-0.3, -0.25) is 0 Å². The van der Waals surface area contributed by atoms with Gasteiger partial charge in [0.25, 0.3) is 0 Å². The predicted molar refractivity (Wildman–Crippen MR) is 59.2 cm³/mol. The van der Waals surface area contributed by atoms with E-state index in [4.69, 9.17) is 0 Å². The third kappa shape index (κ3) is 1.25. The maximum absolute atomic E-state index is 2.68. The molecule has 3 saturated carbocycles. The summed E-state index contributed by atoms with van der Waals surface area (Å²) in [5.74, 6) is 2.21. The SMILES string of the molecule is CCN1CCC2(CC3CCC2CC3)C1. The van der Waals surface area contributed by atoms with Gasteiger partial charge in [0.1, 0.15) is 0 Å². The highest BCUT2D eigenvalue weighted by Gasteiger charge is 2.49. The number of hydrogen-bond donors (Lipinski definition) is 0. The predicted octanol–water partition coefficient (Wildman–Crippen LogP) is 2.91. The Bertz CT molecular complexity index is 217. The lowest BCUT2D eigenvalue weighted by Gasteiger charge is -2.50. The minimum Gasteiger partial charge on any atom is -0.303 e. The lowest BCUT2D eigenvalue weighted by molar-refractivity contribution is 0.00912. The zero-order chi connectivity index (χ0) is 9.60. The Morgan fingerprint density at radius 3 is 2.50 bits per heavy atom. The highest BCUT2D eigenvalue weighted by Crippen LogP contribution is 2.56.